The van der Waals surface area contributed by atoms with Crippen LogP contribution in [0.4, 0.5) is 0 Å². The molecule has 2 aromatic rings. The van der Waals surface area contributed by atoms with Crippen LogP contribution in [-0.4, -0.2) is 60.6 Å². The van der Waals surface area contributed by atoms with Crippen LogP contribution in [0.15, 0.2) is 42.5 Å². The second-order valence-corrected chi connectivity index (χ2v) is 7.85. The lowest BCUT2D eigenvalue weighted by Crippen LogP contribution is -2.54. The quantitative estimate of drug-likeness (QED) is 0.790. The maximum absolute atomic E-state index is 12.6. The minimum atomic E-state index is -0.271. The molecule has 0 saturated carbocycles. The van der Waals surface area contributed by atoms with Gasteiger partial charge < -0.3 is 19.7 Å². The molecule has 0 aliphatic carbocycles. The summed E-state index contributed by atoms with van der Waals surface area (Å²) in [6.45, 7) is 5.02. The van der Waals surface area contributed by atoms with Crippen LogP contribution in [0, 0.1) is 0 Å². The van der Waals surface area contributed by atoms with Crippen LogP contribution in [0.25, 0.3) is 0 Å². The highest BCUT2D eigenvalue weighted by Gasteiger charge is 2.28. The van der Waals surface area contributed by atoms with E-state index in [4.69, 9.17) is 21.1 Å². The average molecular weight is 430 g/mol. The van der Waals surface area contributed by atoms with Gasteiger partial charge >= 0.3 is 0 Å². The first-order chi connectivity index (χ1) is 14.5. The van der Waals surface area contributed by atoms with Gasteiger partial charge in [-0.25, -0.2) is 0 Å². The van der Waals surface area contributed by atoms with Crippen molar-refractivity contribution >= 4 is 23.4 Å². The van der Waals surface area contributed by atoms with E-state index < -0.39 is 0 Å². The Kier molecular flexibility index (Phi) is 6.11. The molecular formula is C22H24ClN3O4. The molecule has 0 spiro atoms. The second kappa shape index (κ2) is 8.93. The number of hydrogen-bond acceptors (Lipinski definition) is 5. The van der Waals surface area contributed by atoms with E-state index in [1.807, 2.05) is 30.0 Å². The van der Waals surface area contributed by atoms with Gasteiger partial charge in [0.25, 0.3) is 5.91 Å². The highest BCUT2D eigenvalue weighted by molar-refractivity contribution is 6.30. The standard InChI is InChI=1S/C22H24ClN3O4/c1-15(21(27)24-13-16-2-7-19-20(12-16)30-14-29-19)25-8-10-26(11-9-25)22(28)17-3-5-18(23)6-4-17/h2-7,12,15H,8-11,13-14H2,1H3,(H,24,27). The molecule has 0 radical (unpaired) electrons. The van der Waals surface area contributed by atoms with E-state index in [-0.39, 0.29) is 24.6 Å². The van der Waals surface area contributed by atoms with E-state index in [9.17, 15) is 9.59 Å². The topological polar surface area (TPSA) is 71.1 Å². The van der Waals surface area contributed by atoms with Crippen LogP contribution in [0.5, 0.6) is 11.5 Å². The normalized spacial score (nSPS) is 16.9. The predicted octanol–water partition coefficient (Wildman–Crippen LogP) is 2.53. The van der Waals surface area contributed by atoms with Crippen LogP contribution < -0.4 is 14.8 Å². The van der Waals surface area contributed by atoms with Crippen LogP contribution in [0.2, 0.25) is 5.02 Å². The Morgan fingerprint density at radius 3 is 2.47 bits per heavy atom. The Labute approximate surface area is 180 Å². The molecule has 1 atom stereocenters. The summed E-state index contributed by atoms with van der Waals surface area (Å²) < 4.78 is 10.7. The zero-order chi connectivity index (χ0) is 21.1. The Bertz CT molecular complexity index is 926. The van der Waals surface area contributed by atoms with Gasteiger partial charge in [-0.15, -0.1) is 0 Å². The number of halogens is 1. The van der Waals surface area contributed by atoms with Crippen molar-refractivity contribution in [3.05, 3.63) is 58.6 Å². The third kappa shape index (κ3) is 4.52. The zero-order valence-corrected chi connectivity index (χ0v) is 17.5. The number of hydrogen-bond donors (Lipinski definition) is 1. The predicted molar refractivity (Wildman–Crippen MR) is 113 cm³/mol. The number of rotatable bonds is 5. The lowest BCUT2D eigenvalue weighted by molar-refractivity contribution is -0.126. The summed E-state index contributed by atoms with van der Waals surface area (Å²) in [5.41, 5.74) is 1.58. The summed E-state index contributed by atoms with van der Waals surface area (Å²) in [5.74, 6) is 1.39. The maximum atomic E-state index is 12.6. The fourth-order valence-electron chi connectivity index (χ4n) is 3.64. The Morgan fingerprint density at radius 2 is 1.73 bits per heavy atom. The van der Waals surface area contributed by atoms with Crippen molar-refractivity contribution in [1.29, 1.82) is 0 Å². The average Bonchev–Trinajstić information content (AvgIpc) is 3.25. The van der Waals surface area contributed by atoms with Crippen molar-refractivity contribution in [3.8, 4) is 11.5 Å². The van der Waals surface area contributed by atoms with Crippen LogP contribution >= 0.6 is 11.6 Å². The van der Waals surface area contributed by atoms with Crippen molar-refractivity contribution in [3.63, 3.8) is 0 Å². The third-order valence-electron chi connectivity index (χ3n) is 5.52. The van der Waals surface area contributed by atoms with Gasteiger partial charge in [-0.1, -0.05) is 17.7 Å². The molecule has 2 aromatic carbocycles. The lowest BCUT2D eigenvalue weighted by Gasteiger charge is -2.37. The Morgan fingerprint density at radius 1 is 1.03 bits per heavy atom. The molecule has 2 aliphatic heterocycles. The Hall–Kier alpha value is -2.77. The highest BCUT2D eigenvalue weighted by atomic mass is 35.5. The summed E-state index contributed by atoms with van der Waals surface area (Å²) in [5, 5.41) is 3.59. The van der Waals surface area contributed by atoms with Gasteiger partial charge in [0, 0.05) is 43.3 Å². The number of carbonyl (C=O) groups is 2. The SMILES string of the molecule is CC(C(=O)NCc1ccc2c(c1)OCO2)N1CCN(C(=O)c2ccc(Cl)cc2)CC1. The molecule has 4 rings (SSSR count). The summed E-state index contributed by atoms with van der Waals surface area (Å²) in [4.78, 5) is 29.2. The largest absolute Gasteiger partial charge is 0.454 e. The smallest absolute Gasteiger partial charge is 0.253 e. The number of nitrogens with one attached hydrogen (secondary N) is 1. The first-order valence-electron chi connectivity index (χ1n) is 9.96. The second-order valence-electron chi connectivity index (χ2n) is 7.42. The van der Waals surface area contributed by atoms with E-state index in [1.165, 1.54) is 0 Å². The molecule has 1 saturated heterocycles. The molecule has 8 heteroatoms. The summed E-state index contributed by atoms with van der Waals surface area (Å²) in [6, 6.07) is 12.3. The molecule has 2 amide bonds. The third-order valence-corrected chi connectivity index (χ3v) is 5.78. The molecular weight excluding hydrogens is 406 g/mol. The van der Waals surface area contributed by atoms with Gasteiger partial charge in [-0.05, 0) is 48.9 Å². The number of carbonyl (C=O) groups excluding carboxylic acids is 2. The number of nitrogens with zero attached hydrogens (tertiary/aromatic N) is 2. The number of ether oxygens (including phenoxy) is 2. The molecule has 1 N–H and O–H groups in total. The van der Waals surface area contributed by atoms with Crippen molar-refractivity contribution in [2.24, 2.45) is 0 Å². The molecule has 7 nitrogen and oxygen atoms in total. The fraction of sp³-hybridized carbons (Fsp3) is 0.364. The van der Waals surface area contributed by atoms with Crippen molar-refractivity contribution < 1.29 is 19.1 Å². The molecule has 1 unspecified atom stereocenters. The molecule has 0 bridgehead atoms. The van der Waals surface area contributed by atoms with Gasteiger partial charge in [-0.3, -0.25) is 14.5 Å². The minimum absolute atomic E-state index is 0.00812. The van der Waals surface area contributed by atoms with Gasteiger partial charge in [0.1, 0.15) is 0 Å². The summed E-state index contributed by atoms with van der Waals surface area (Å²) in [6.07, 6.45) is 0. The molecule has 158 valence electrons. The number of amides is 2. The lowest BCUT2D eigenvalue weighted by atomic mass is 10.1. The molecule has 30 heavy (non-hydrogen) atoms. The first kappa shape index (κ1) is 20.5. The molecule has 1 fully saturated rings. The summed E-state index contributed by atoms with van der Waals surface area (Å²) in [7, 11) is 0. The number of fused-ring (bicyclic) bond motifs is 1. The minimum Gasteiger partial charge on any atom is -0.454 e. The van der Waals surface area contributed by atoms with Gasteiger partial charge in [0.2, 0.25) is 12.7 Å². The molecule has 2 heterocycles. The maximum Gasteiger partial charge on any atom is 0.253 e. The van der Waals surface area contributed by atoms with Crippen LogP contribution in [0.1, 0.15) is 22.8 Å². The highest BCUT2D eigenvalue weighted by Crippen LogP contribution is 2.32. The van der Waals surface area contributed by atoms with Crippen molar-refractivity contribution in [2.75, 3.05) is 33.0 Å². The van der Waals surface area contributed by atoms with Crippen LogP contribution in [-0.2, 0) is 11.3 Å². The Balaban J connectivity index is 1.26. The monoisotopic (exact) mass is 429 g/mol. The van der Waals surface area contributed by atoms with Crippen molar-refractivity contribution in [2.45, 2.75) is 19.5 Å². The zero-order valence-electron chi connectivity index (χ0n) is 16.8. The molecule has 0 aromatic heterocycles. The van der Waals surface area contributed by atoms with Gasteiger partial charge in [0.15, 0.2) is 11.5 Å². The van der Waals surface area contributed by atoms with E-state index in [0.29, 0.717) is 49.1 Å². The van der Waals surface area contributed by atoms with Gasteiger partial charge in [-0.2, -0.15) is 0 Å². The number of benzene rings is 2. The van der Waals surface area contributed by atoms with Crippen LogP contribution in [0.3, 0.4) is 0 Å². The van der Waals surface area contributed by atoms with E-state index in [1.54, 1.807) is 24.3 Å². The fourth-order valence-corrected chi connectivity index (χ4v) is 3.77. The van der Waals surface area contributed by atoms with Gasteiger partial charge in [0.05, 0.1) is 6.04 Å². The van der Waals surface area contributed by atoms with E-state index >= 15 is 0 Å². The van der Waals surface area contributed by atoms with E-state index in [2.05, 4.69) is 10.2 Å². The van der Waals surface area contributed by atoms with E-state index in [0.717, 1.165) is 11.3 Å². The van der Waals surface area contributed by atoms with Crippen molar-refractivity contribution in [1.82, 2.24) is 15.1 Å². The number of piperazine rings is 1. The summed E-state index contributed by atoms with van der Waals surface area (Å²) >= 11 is 5.89. The molecule has 2 aliphatic rings. The first-order valence-corrected chi connectivity index (χ1v) is 10.3.